The third-order valence-electron chi connectivity index (χ3n) is 11.9. The van der Waals surface area contributed by atoms with Gasteiger partial charge in [0.15, 0.2) is 0 Å². The van der Waals surface area contributed by atoms with Gasteiger partial charge in [0.2, 0.25) is 0 Å². The maximum absolute atomic E-state index is 12.7. The zero-order chi connectivity index (χ0) is 44.1. The molecule has 0 amide bonds. The standard InChI is InChI=1S/C51H104NO7P/c1-6-8-10-12-14-16-18-20-22-24-25-26-27-28-29-30-32-34-36-38-40-42-44-51(53)59-50(49-58-60(54,55)57-47-45-52(3,4)5)48-56-46-43-41-39-37-35-33-31-23-21-19-17-15-13-11-9-7-2/h50H,6-49H2,1-5H3/t50-/m1/s1. The maximum atomic E-state index is 12.7. The topological polar surface area (TPSA) is 94.1 Å². The third kappa shape index (κ3) is 48.5. The second-order valence-electron chi connectivity index (χ2n) is 19.3. The van der Waals surface area contributed by atoms with Gasteiger partial charge in [0, 0.05) is 13.0 Å². The van der Waals surface area contributed by atoms with E-state index in [1.807, 2.05) is 21.1 Å². The van der Waals surface area contributed by atoms with Crippen molar-refractivity contribution < 1.29 is 37.3 Å². The minimum atomic E-state index is -4.52. The highest BCUT2D eigenvalue weighted by atomic mass is 31.2. The van der Waals surface area contributed by atoms with Crippen LogP contribution in [-0.2, 0) is 27.9 Å². The lowest BCUT2D eigenvalue weighted by atomic mass is 10.0. The number of esters is 1. The molecule has 1 unspecified atom stereocenters. The Hall–Kier alpha value is -0.500. The number of phosphoric acid groups is 1. The minimum Gasteiger partial charge on any atom is -0.756 e. The summed E-state index contributed by atoms with van der Waals surface area (Å²) in [7, 11) is 1.38. The Bertz CT molecular complexity index is 930. The molecular weight excluding hydrogens is 770 g/mol. The highest BCUT2D eigenvalue weighted by molar-refractivity contribution is 7.45. The Morgan fingerprint density at radius 3 is 1.10 bits per heavy atom. The lowest BCUT2D eigenvalue weighted by molar-refractivity contribution is -0.870. The smallest absolute Gasteiger partial charge is 0.306 e. The van der Waals surface area contributed by atoms with E-state index >= 15 is 0 Å². The van der Waals surface area contributed by atoms with Crippen molar-refractivity contribution in [3.63, 3.8) is 0 Å². The van der Waals surface area contributed by atoms with Gasteiger partial charge in [-0.2, -0.15) is 0 Å². The fraction of sp³-hybridized carbons (Fsp3) is 0.980. The number of nitrogens with zero attached hydrogens (tertiary/aromatic N) is 1. The number of carbonyl (C=O) groups is 1. The van der Waals surface area contributed by atoms with Crippen molar-refractivity contribution in [2.45, 2.75) is 270 Å². The zero-order valence-corrected chi connectivity index (χ0v) is 41.8. The molecule has 0 aromatic rings. The largest absolute Gasteiger partial charge is 0.756 e. The van der Waals surface area contributed by atoms with Gasteiger partial charge in [0.1, 0.15) is 19.3 Å². The van der Waals surface area contributed by atoms with Gasteiger partial charge in [0.25, 0.3) is 7.82 Å². The van der Waals surface area contributed by atoms with Crippen molar-refractivity contribution in [3.05, 3.63) is 0 Å². The van der Waals surface area contributed by atoms with Crippen LogP contribution in [0.2, 0.25) is 0 Å². The van der Waals surface area contributed by atoms with Crippen molar-refractivity contribution in [2.24, 2.45) is 0 Å². The first-order valence-corrected chi connectivity index (χ1v) is 27.7. The number of hydrogen-bond acceptors (Lipinski definition) is 7. The molecule has 2 atom stereocenters. The maximum Gasteiger partial charge on any atom is 0.306 e. The van der Waals surface area contributed by atoms with E-state index in [9.17, 15) is 14.3 Å². The van der Waals surface area contributed by atoms with Crippen LogP contribution in [0.4, 0.5) is 0 Å². The summed E-state index contributed by atoms with van der Waals surface area (Å²) < 4.78 is 34.8. The summed E-state index contributed by atoms with van der Waals surface area (Å²) in [5, 5.41) is 0. The lowest BCUT2D eigenvalue weighted by Gasteiger charge is -2.28. The van der Waals surface area contributed by atoms with E-state index in [4.69, 9.17) is 18.5 Å². The number of likely N-dealkylation sites (N-methyl/N-ethyl adjacent to an activating group) is 1. The highest BCUT2D eigenvalue weighted by Gasteiger charge is 2.20. The quantitative estimate of drug-likeness (QED) is 0.0260. The number of ether oxygens (including phenoxy) is 2. The molecule has 9 heteroatoms. The Balaban J connectivity index is 4.05. The van der Waals surface area contributed by atoms with Crippen LogP contribution in [0.5, 0.6) is 0 Å². The Kier molecular flexibility index (Phi) is 44.7. The van der Waals surface area contributed by atoms with Crippen molar-refractivity contribution in [3.8, 4) is 0 Å². The number of quaternary nitrogens is 1. The second-order valence-corrected chi connectivity index (χ2v) is 20.7. The third-order valence-corrected chi connectivity index (χ3v) is 12.9. The first-order valence-electron chi connectivity index (χ1n) is 26.3. The molecule has 0 heterocycles. The highest BCUT2D eigenvalue weighted by Crippen LogP contribution is 2.38. The predicted molar refractivity (Wildman–Crippen MR) is 255 cm³/mol. The van der Waals surface area contributed by atoms with Crippen LogP contribution in [0, 0.1) is 0 Å². The van der Waals surface area contributed by atoms with Crippen LogP contribution in [-0.4, -0.2) is 70.7 Å². The van der Waals surface area contributed by atoms with Gasteiger partial charge in [-0.3, -0.25) is 9.36 Å². The molecular formula is C51H104NO7P. The van der Waals surface area contributed by atoms with Crippen molar-refractivity contribution in [1.29, 1.82) is 0 Å². The van der Waals surface area contributed by atoms with Crippen LogP contribution in [0.25, 0.3) is 0 Å². The van der Waals surface area contributed by atoms with E-state index in [-0.39, 0.29) is 25.8 Å². The molecule has 0 rings (SSSR count). The number of hydrogen-bond donors (Lipinski definition) is 0. The molecule has 0 N–H and O–H groups in total. The molecule has 0 saturated heterocycles. The molecule has 0 aromatic carbocycles. The molecule has 0 bridgehead atoms. The van der Waals surface area contributed by atoms with E-state index in [1.165, 1.54) is 212 Å². The first-order chi connectivity index (χ1) is 29.1. The van der Waals surface area contributed by atoms with Gasteiger partial charge in [-0.05, 0) is 12.8 Å². The van der Waals surface area contributed by atoms with Crippen molar-refractivity contribution >= 4 is 13.8 Å². The monoisotopic (exact) mass is 874 g/mol. The van der Waals surface area contributed by atoms with E-state index in [0.29, 0.717) is 24.1 Å². The van der Waals surface area contributed by atoms with E-state index in [0.717, 1.165) is 32.1 Å². The first kappa shape index (κ1) is 59.5. The molecule has 0 fully saturated rings. The lowest BCUT2D eigenvalue weighted by Crippen LogP contribution is -2.37. The molecule has 60 heavy (non-hydrogen) atoms. The number of unbranched alkanes of at least 4 members (excludes halogenated alkanes) is 36. The molecule has 0 saturated carbocycles. The summed E-state index contributed by atoms with van der Waals surface area (Å²) in [4.78, 5) is 25.2. The SMILES string of the molecule is CCCCCCCCCCCCCCCCCCCCCCCCC(=O)O[C@H](COCCCCCCCCCCCCCCCCCC)COP(=O)([O-])OCC[N+](C)(C)C. The average Bonchev–Trinajstić information content (AvgIpc) is 3.20. The molecule has 0 radical (unpaired) electrons. The number of carbonyl (C=O) groups excluding carboxylic acids is 1. The number of phosphoric ester groups is 1. The Labute approximate surface area is 374 Å². The van der Waals surface area contributed by atoms with Crippen molar-refractivity contribution in [2.75, 3.05) is 54.1 Å². The van der Waals surface area contributed by atoms with Gasteiger partial charge >= 0.3 is 5.97 Å². The normalized spacial score (nSPS) is 13.5. The zero-order valence-electron chi connectivity index (χ0n) is 40.9. The summed E-state index contributed by atoms with van der Waals surface area (Å²) in [5.41, 5.74) is 0. The van der Waals surface area contributed by atoms with Crippen LogP contribution >= 0.6 is 7.82 Å². The Morgan fingerprint density at radius 2 is 0.767 bits per heavy atom. The van der Waals surface area contributed by atoms with Gasteiger partial charge in [0.05, 0.1) is 34.4 Å². The van der Waals surface area contributed by atoms with Gasteiger partial charge < -0.3 is 27.9 Å². The summed E-state index contributed by atoms with van der Waals surface area (Å²) in [6.07, 6.45) is 49.8. The van der Waals surface area contributed by atoms with Gasteiger partial charge in [-0.25, -0.2) is 0 Å². The second kappa shape index (κ2) is 45.1. The van der Waals surface area contributed by atoms with Gasteiger partial charge in [-0.1, -0.05) is 245 Å². The van der Waals surface area contributed by atoms with Crippen LogP contribution in [0.1, 0.15) is 264 Å². The molecule has 0 aliphatic rings. The van der Waals surface area contributed by atoms with Crippen LogP contribution in [0.3, 0.4) is 0 Å². The molecule has 0 spiro atoms. The van der Waals surface area contributed by atoms with Crippen molar-refractivity contribution in [1.82, 2.24) is 0 Å². The predicted octanol–water partition coefficient (Wildman–Crippen LogP) is 15.4. The minimum absolute atomic E-state index is 0.0317. The summed E-state index contributed by atoms with van der Waals surface area (Å²) in [6, 6.07) is 0. The fourth-order valence-corrected chi connectivity index (χ4v) is 8.57. The van der Waals surface area contributed by atoms with Gasteiger partial charge in [-0.15, -0.1) is 0 Å². The van der Waals surface area contributed by atoms with E-state index < -0.39 is 13.9 Å². The van der Waals surface area contributed by atoms with Crippen LogP contribution < -0.4 is 4.89 Å². The fourth-order valence-electron chi connectivity index (χ4n) is 7.84. The summed E-state index contributed by atoms with van der Waals surface area (Å²) in [5.74, 6) is -0.325. The Morgan fingerprint density at radius 1 is 0.450 bits per heavy atom. The molecule has 360 valence electrons. The molecule has 0 aromatic heterocycles. The molecule has 8 nitrogen and oxygen atoms in total. The summed E-state index contributed by atoms with van der Waals surface area (Å²) >= 11 is 0. The van der Waals surface area contributed by atoms with E-state index in [2.05, 4.69) is 13.8 Å². The molecule has 0 aliphatic carbocycles. The van der Waals surface area contributed by atoms with Crippen LogP contribution in [0.15, 0.2) is 0 Å². The summed E-state index contributed by atoms with van der Waals surface area (Å²) in [6.45, 7) is 5.50. The van der Waals surface area contributed by atoms with E-state index in [1.54, 1.807) is 0 Å². The number of rotatable bonds is 50. The molecule has 0 aliphatic heterocycles. The average molecular weight is 874 g/mol.